The lowest BCUT2D eigenvalue weighted by Crippen LogP contribution is -2.32. The van der Waals surface area contributed by atoms with Gasteiger partial charge >= 0.3 is 0 Å². The molecule has 3 aromatic rings. The fourth-order valence-corrected chi connectivity index (χ4v) is 3.14. The van der Waals surface area contributed by atoms with E-state index in [4.69, 9.17) is 11.6 Å². The Kier molecular flexibility index (Phi) is 5.60. The number of hydrogen-bond acceptors (Lipinski definition) is 4. The van der Waals surface area contributed by atoms with Crippen molar-refractivity contribution in [1.29, 1.82) is 0 Å². The molecule has 0 bridgehead atoms. The largest absolute Gasteiger partial charge is 0.343 e. The second-order valence-electron chi connectivity index (χ2n) is 5.26. The molecule has 1 aromatic heterocycles. The van der Waals surface area contributed by atoms with Gasteiger partial charge in [0, 0.05) is 21.5 Å². The second-order valence-corrected chi connectivity index (χ2v) is 6.52. The zero-order valence-corrected chi connectivity index (χ0v) is 14.9. The van der Waals surface area contributed by atoms with Gasteiger partial charge in [-0.1, -0.05) is 35.9 Å². The molecular formula is C18H13ClFN3O2S. The van der Waals surface area contributed by atoms with Gasteiger partial charge in [-0.2, -0.15) is 0 Å². The quantitative estimate of drug-likeness (QED) is 0.693. The fourth-order valence-electron chi connectivity index (χ4n) is 2.18. The van der Waals surface area contributed by atoms with E-state index in [1.54, 1.807) is 11.4 Å². The first-order valence-electron chi connectivity index (χ1n) is 7.57. The molecule has 2 aromatic carbocycles. The van der Waals surface area contributed by atoms with Gasteiger partial charge in [-0.25, -0.2) is 9.37 Å². The molecule has 26 heavy (non-hydrogen) atoms. The van der Waals surface area contributed by atoms with Gasteiger partial charge in [-0.05, 0) is 24.3 Å². The minimum Gasteiger partial charge on any atom is -0.343 e. The Balaban J connectivity index is 1.57. The molecule has 0 radical (unpaired) electrons. The summed E-state index contributed by atoms with van der Waals surface area (Å²) in [6, 6.07) is 12.5. The van der Waals surface area contributed by atoms with Crippen molar-refractivity contribution in [2.75, 3.05) is 11.9 Å². The Bertz CT molecular complexity index is 961. The van der Waals surface area contributed by atoms with E-state index in [1.165, 1.54) is 29.5 Å². The Labute approximate surface area is 157 Å². The number of aromatic nitrogens is 1. The summed E-state index contributed by atoms with van der Waals surface area (Å²) in [6.07, 6.45) is 0. The van der Waals surface area contributed by atoms with Crippen LogP contribution >= 0.6 is 22.9 Å². The molecule has 0 aliphatic rings. The van der Waals surface area contributed by atoms with E-state index in [2.05, 4.69) is 15.6 Å². The van der Waals surface area contributed by atoms with E-state index in [0.29, 0.717) is 15.8 Å². The molecule has 1 heterocycles. The first-order valence-corrected chi connectivity index (χ1v) is 8.83. The Hall–Kier alpha value is -2.77. The van der Waals surface area contributed by atoms with Gasteiger partial charge in [0.25, 0.3) is 5.91 Å². The van der Waals surface area contributed by atoms with Gasteiger partial charge in [0.2, 0.25) is 5.91 Å². The van der Waals surface area contributed by atoms with Crippen molar-refractivity contribution in [2.45, 2.75) is 0 Å². The zero-order valence-electron chi connectivity index (χ0n) is 13.3. The third kappa shape index (κ3) is 4.44. The third-order valence-electron chi connectivity index (χ3n) is 3.40. The zero-order chi connectivity index (χ0) is 18.5. The van der Waals surface area contributed by atoms with Crippen molar-refractivity contribution in [3.05, 3.63) is 70.3 Å². The first-order chi connectivity index (χ1) is 12.5. The van der Waals surface area contributed by atoms with Crippen LogP contribution in [0.3, 0.4) is 0 Å². The summed E-state index contributed by atoms with van der Waals surface area (Å²) in [7, 11) is 0. The molecule has 0 unspecified atom stereocenters. The summed E-state index contributed by atoms with van der Waals surface area (Å²) in [5.74, 6) is -1.48. The molecule has 0 aliphatic heterocycles. The van der Waals surface area contributed by atoms with Crippen LogP contribution in [-0.4, -0.2) is 23.3 Å². The van der Waals surface area contributed by atoms with Crippen LogP contribution in [0.25, 0.3) is 11.3 Å². The molecule has 0 aliphatic carbocycles. The maximum absolute atomic E-state index is 13.1. The maximum Gasteiger partial charge on any atom is 0.251 e. The van der Waals surface area contributed by atoms with E-state index in [1.807, 2.05) is 18.2 Å². The number of nitrogens with one attached hydrogen (secondary N) is 2. The molecule has 132 valence electrons. The Morgan fingerprint density at radius 2 is 1.96 bits per heavy atom. The average molecular weight is 390 g/mol. The van der Waals surface area contributed by atoms with Gasteiger partial charge < -0.3 is 10.6 Å². The number of thiazole rings is 1. The number of rotatable bonds is 5. The maximum atomic E-state index is 13.1. The molecule has 5 nitrogen and oxygen atoms in total. The SMILES string of the molecule is O=C(CNC(=O)c1cccc(F)c1)Nc1nc(-c2ccccc2Cl)cs1. The van der Waals surface area contributed by atoms with Crippen LogP contribution in [0, 0.1) is 5.82 Å². The number of nitrogens with zero attached hydrogens (tertiary/aromatic N) is 1. The monoisotopic (exact) mass is 389 g/mol. The minimum atomic E-state index is -0.532. The molecule has 8 heteroatoms. The molecule has 0 fully saturated rings. The Morgan fingerprint density at radius 3 is 2.73 bits per heavy atom. The number of amides is 2. The number of anilines is 1. The summed E-state index contributed by atoms with van der Waals surface area (Å²) in [5.41, 5.74) is 1.57. The molecule has 2 N–H and O–H groups in total. The number of carbonyl (C=O) groups excluding carboxylic acids is 2. The molecule has 2 amide bonds. The van der Waals surface area contributed by atoms with Crippen LogP contribution in [0.1, 0.15) is 10.4 Å². The highest BCUT2D eigenvalue weighted by atomic mass is 35.5. The first kappa shape index (κ1) is 18.0. The summed E-state index contributed by atoms with van der Waals surface area (Å²) in [4.78, 5) is 28.2. The topological polar surface area (TPSA) is 71.1 Å². The number of benzene rings is 2. The normalized spacial score (nSPS) is 10.4. The molecule has 3 rings (SSSR count). The second kappa shape index (κ2) is 8.07. The lowest BCUT2D eigenvalue weighted by Gasteiger charge is -2.05. The van der Waals surface area contributed by atoms with E-state index in [9.17, 15) is 14.0 Å². The smallest absolute Gasteiger partial charge is 0.251 e. The predicted molar refractivity (Wildman–Crippen MR) is 99.9 cm³/mol. The van der Waals surface area contributed by atoms with E-state index >= 15 is 0 Å². The summed E-state index contributed by atoms with van der Waals surface area (Å²) < 4.78 is 13.1. The number of carbonyl (C=O) groups is 2. The van der Waals surface area contributed by atoms with Crippen LogP contribution in [0.15, 0.2) is 53.9 Å². The van der Waals surface area contributed by atoms with Gasteiger partial charge in [-0.15, -0.1) is 11.3 Å². The predicted octanol–water partition coefficient (Wildman–Crippen LogP) is 3.97. The van der Waals surface area contributed by atoms with Gasteiger partial charge in [0.15, 0.2) is 5.13 Å². The summed E-state index contributed by atoms with van der Waals surface area (Å²) in [6.45, 7) is -0.254. The van der Waals surface area contributed by atoms with Crippen molar-refractivity contribution in [3.8, 4) is 11.3 Å². The molecule has 0 saturated carbocycles. The summed E-state index contributed by atoms with van der Waals surface area (Å²) in [5, 5.41) is 7.78. The minimum absolute atomic E-state index is 0.146. The van der Waals surface area contributed by atoms with E-state index in [-0.39, 0.29) is 12.1 Å². The number of halogens is 2. The van der Waals surface area contributed by atoms with Crippen LogP contribution < -0.4 is 10.6 Å². The van der Waals surface area contributed by atoms with Gasteiger partial charge in [-0.3, -0.25) is 9.59 Å². The molecular weight excluding hydrogens is 377 g/mol. The molecule has 0 atom stereocenters. The average Bonchev–Trinajstić information content (AvgIpc) is 3.08. The van der Waals surface area contributed by atoms with E-state index in [0.717, 1.165) is 11.6 Å². The van der Waals surface area contributed by atoms with Crippen molar-refractivity contribution >= 4 is 39.9 Å². The lowest BCUT2D eigenvalue weighted by molar-refractivity contribution is -0.115. The summed E-state index contributed by atoms with van der Waals surface area (Å²) >= 11 is 7.38. The Morgan fingerprint density at radius 1 is 1.15 bits per heavy atom. The van der Waals surface area contributed by atoms with Crippen molar-refractivity contribution in [3.63, 3.8) is 0 Å². The highest BCUT2D eigenvalue weighted by Gasteiger charge is 2.12. The fraction of sp³-hybridized carbons (Fsp3) is 0.0556. The molecule has 0 saturated heterocycles. The van der Waals surface area contributed by atoms with Crippen LogP contribution in [-0.2, 0) is 4.79 Å². The van der Waals surface area contributed by atoms with Gasteiger partial charge in [0.1, 0.15) is 5.82 Å². The standard InChI is InChI=1S/C18H13ClFN3O2S/c19-14-7-2-1-6-13(14)15-10-26-18(22-15)23-16(24)9-21-17(25)11-4-3-5-12(20)8-11/h1-8,10H,9H2,(H,21,25)(H,22,23,24). The van der Waals surface area contributed by atoms with Crippen molar-refractivity contribution in [1.82, 2.24) is 10.3 Å². The third-order valence-corrected chi connectivity index (χ3v) is 4.48. The van der Waals surface area contributed by atoms with Crippen LogP contribution in [0.4, 0.5) is 9.52 Å². The number of hydrogen-bond donors (Lipinski definition) is 2. The molecule has 0 spiro atoms. The lowest BCUT2D eigenvalue weighted by atomic mass is 10.2. The van der Waals surface area contributed by atoms with Crippen molar-refractivity contribution in [2.24, 2.45) is 0 Å². The van der Waals surface area contributed by atoms with Crippen molar-refractivity contribution < 1.29 is 14.0 Å². The van der Waals surface area contributed by atoms with Crippen LogP contribution in [0.2, 0.25) is 5.02 Å². The van der Waals surface area contributed by atoms with Gasteiger partial charge in [0.05, 0.1) is 12.2 Å². The van der Waals surface area contributed by atoms with E-state index < -0.39 is 17.6 Å². The van der Waals surface area contributed by atoms with Crippen LogP contribution in [0.5, 0.6) is 0 Å². The highest BCUT2D eigenvalue weighted by molar-refractivity contribution is 7.14. The highest BCUT2D eigenvalue weighted by Crippen LogP contribution is 2.30.